The Hall–Kier alpha value is -1.10. The van der Waals surface area contributed by atoms with E-state index in [1.807, 2.05) is 0 Å². The molecule has 5 heteroatoms. The van der Waals surface area contributed by atoms with Crippen LogP contribution in [0.5, 0.6) is 0 Å². The molecule has 0 spiro atoms. The van der Waals surface area contributed by atoms with E-state index in [9.17, 15) is 9.59 Å². The molecule has 4 aliphatic carbocycles. The van der Waals surface area contributed by atoms with Gasteiger partial charge in [0, 0.05) is 26.4 Å². The number of carbonyl (C=O) groups is 2. The average Bonchev–Trinajstić information content (AvgIpc) is 2.50. The number of hydrogen-bond donors (Lipinski definition) is 1. The maximum absolute atomic E-state index is 13.2. The van der Waals surface area contributed by atoms with Gasteiger partial charge in [0.15, 0.2) is 0 Å². The fraction of sp³-hybridized carbons (Fsp3) is 0.900. The maximum Gasteiger partial charge on any atom is 0.303 e. The standard InChI is InChI=1S/C20H32N2O3/c1-14(23)25-20-9-16-6-17(10-20)8-19(7-16,13-20)18(24)21-11-15-4-3-5-22(2)12-15/h15-17H,3-13H2,1-2H3,(H,21,24)/t15?,16-,17?,19?,20?/m1/s1. The predicted molar refractivity (Wildman–Crippen MR) is 94.8 cm³/mol. The minimum Gasteiger partial charge on any atom is -0.459 e. The number of hydrogen-bond acceptors (Lipinski definition) is 4. The zero-order valence-corrected chi connectivity index (χ0v) is 15.7. The Kier molecular flexibility index (Phi) is 4.33. The number of likely N-dealkylation sites (tertiary alicyclic amines) is 1. The van der Waals surface area contributed by atoms with Gasteiger partial charge in [-0.1, -0.05) is 0 Å². The lowest BCUT2D eigenvalue weighted by atomic mass is 9.47. The summed E-state index contributed by atoms with van der Waals surface area (Å²) in [4.78, 5) is 27.2. The van der Waals surface area contributed by atoms with Crippen molar-refractivity contribution in [3.8, 4) is 0 Å². The lowest BCUT2D eigenvalue weighted by Gasteiger charge is -2.60. The smallest absolute Gasteiger partial charge is 0.303 e. The van der Waals surface area contributed by atoms with E-state index in [2.05, 4.69) is 17.3 Å². The van der Waals surface area contributed by atoms with Crippen LogP contribution >= 0.6 is 0 Å². The molecule has 5 nitrogen and oxygen atoms in total. The zero-order chi connectivity index (χ0) is 17.7. The molecule has 1 N–H and O–H groups in total. The Bertz CT molecular complexity index is 547. The summed E-state index contributed by atoms with van der Waals surface area (Å²) in [6, 6.07) is 0. The van der Waals surface area contributed by atoms with Crippen LogP contribution in [0.1, 0.15) is 58.3 Å². The highest BCUT2D eigenvalue weighted by atomic mass is 16.6. The molecule has 5 fully saturated rings. The molecule has 1 amide bonds. The minimum atomic E-state index is -0.363. The van der Waals surface area contributed by atoms with Gasteiger partial charge < -0.3 is 15.0 Å². The molecule has 1 aliphatic heterocycles. The minimum absolute atomic E-state index is 0.192. The van der Waals surface area contributed by atoms with Crippen LogP contribution in [-0.2, 0) is 14.3 Å². The Morgan fingerprint density at radius 1 is 1.20 bits per heavy atom. The van der Waals surface area contributed by atoms with Crippen molar-refractivity contribution in [3.63, 3.8) is 0 Å². The van der Waals surface area contributed by atoms with E-state index >= 15 is 0 Å². The highest BCUT2D eigenvalue weighted by molar-refractivity contribution is 5.83. The molecule has 25 heavy (non-hydrogen) atoms. The van der Waals surface area contributed by atoms with Crippen LogP contribution in [0, 0.1) is 23.2 Å². The lowest BCUT2D eigenvalue weighted by Crippen LogP contribution is -2.61. The summed E-state index contributed by atoms with van der Waals surface area (Å²) >= 11 is 0. The number of rotatable bonds is 4. The normalized spacial score (nSPS) is 43.0. The second-order valence-corrected chi connectivity index (χ2v) is 9.50. The van der Waals surface area contributed by atoms with Gasteiger partial charge in [-0.3, -0.25) is 9.59 Å². The van der Waals surface area contributed by atoms with E-state index in [0.717, 1.165) is 45.2 Å². The quantitative estimate of drug-likeness (QED) is 0.793. The summed E-state index contributed by atoms with van der Waals surface area (Å²) in [5.41, 5.74) is -0.654. The lowest BCUT2D eigenvalue weighted by molar-refractivity contribution is -0.202. The Morgan fingerprint density at radius 2 is 1.92 bits per heavy atom. The molecule has 0 aromatic heterocycles. The highest BCUT2D eigenvalue weighted by Gasteiger charge is 2.62. The molecule has 1 saturated heterocycles. The second kappa shape index (κ2) is 6.26. The largest absolute Gasteiger partial charge is 0.459 e. The molecule has 4 bridgehead atoms. The monoisotopic (exact) mass is 348 g/mol. The molecule has 1 heterocycles. The van der Waals surface area contributed by atoms with E-state index < -0.39 is 0 Å². The first-order valence-corrected chi connectivity index (χ1v) is 10.0. The number of nitrogens with zero attached hydrogens (tertiary/aromatic N) is 1. The first kappa shape index (κ1) is 17.3. The van der Waals surface area contributed by atoms with E-state index in [1.54, 1.807) is 0 Å². The summed E-state index contributed by atoms with van der Waals surface area (Å²) in [6.45, 7) is 4.55. The van der Waals surface area contributed by atoms with Gasteiger partial charge >= 0.3 is 5.97 Å². The van der Waals surface area contributed by atoms with Crippen LogP contribution in [-0.4, -0.2) is 49.1 Å². The average molecular weight is 348 g/mol. The van der Waals surface area contributed by atoms with Crippen LogP contribution in [0.25, 0.3) is 0 Å². The number of amides is 1. The number of esters is 1. The van der Waals surface area contributed by atoms with Crippen molar-refractivity contribution in [1.29, 1.82) is 0 Å². The Balaban J connectivity index is 1.43. The van der Waals surface area contributed by atoms with Gasteiger partial charge in [0.25, 0.3) is 0 Å². The van der Waals surface area contributed by atoms with Crippen molar-refractivity contribution in [3.05, 3.63) is 0 Å². The van der Waals surface area contributed by atoms with Gasteiger partial charge in [0.1, 0.15) is 5.60 Å². The summed E-state index contributed by atoms with van der Waals surface area (Å²) in [6.07, 6.45) is 8.29. The first-order chi connectivity index (χ1) is 11.9. The summed E-state index contributed by atoms with van der Waals surface area (Å²) in [5.74, 6) is 1.70. The molecule has 5 aliphatic rings. The predicted octanol–water partition coefficient (Wildman–Crippen LogP) is 2.35. The van der Waals surface area contributed by atoms with Gasteiger partial charge in [-0.15, -0.1) is 0 Å². The van der Waals surface area contributed by atoms with Crippen molar-refractivity contribution in [2.24, 2.45) is 23.2 Å². The van der Waals surface area contributed by atoms with Gasteiger partial charge in [0.05, 0.1) is 5.41 Å². The number of piperidine rings is 1. The van der Waals surface area contributed by atoms with Crippen LogP contribution in [0.2, 0.25) is 0 Å². The fourth-order valence-corrected chi connectivity index (χ4v) is 6.73. The van der Waals surface area contributed by atoms with Gasteiger partial charge in [-0.25, -0.2) is 0 Å². The molecule has 4 saturated carbocycles. The van der Waals surface area contributed by atoms with E-state index in [4.69, 9.17) is 4.74 Å². The van der Waals surface area contributed by atoms with Crippen molar-refractivity contribution in [1.82, 2.24) is 10.2 Å². The summed E-state index contributed by atoms with van der Waals surface area (Å²) in [7, 11) is 2.16. The zero-order valence-electron chi connectivity index (χ0n) is 15.7. The molecular formula is C20H32N2O3. The third-order valence-electron chi connectivity index (χ3n) is 7.12. The van der Waals surface area contributed by atoms with Crippen LogP contribution in [0.4, 0.5) is 0 Å². The van der Waals surface area contributed by atoms with Crippen LogP contribution in [0.3, 0.4) is 0 Å². The molecule has 5 rings (SSSR count). The topological polar surface area (TPSA) is 58.6 Å². The number of ether oxygens (including phenoxy) is 1. The Morgan fingerprint density at radius 3 is 2.56 bits per heavy atom. The molecule has 0 aromatic carbocycles. The molecule has 0 aromatic rings. The molecule has 140 valence electrons. The second-order valence-electron chi connectivity index (χ2n) is 9.50. The Labute approximate surface area is 150 Å². The van der Waals surface area contributed by atoms with E-state index in [1.165, 1.54) is 32.7 Å². The molecule has 4 unspecified atom stereocenters. The van der Waals surface area contributed by atoms with Crippen molar-refractivity contribution < 1.29 is 14.3 Å². The molecule has 0 radical (unpaired) electrons. The van der Waals surface area contributed by atoms with Crippen LogP contribution in [0.15, 0.2) is 0 Å². The SMILES string of the molecule is CC(=O)OC12CC3C[C@@H](C1)CC(C(=O)NCC1CCCN(C)C1)(C3)C2. The van der Waals surface area contributed by atoms with Gasteiger partial charge in [0.2, 0.25) is 5.91 Å². The number of carbonyl (C=O) groups excluding carboxylic acids is 2. The number of nitrogens with one attached hydrogen (secondary N) is 1. The van der Waals surface area contributed by atoms with Crippen molar-refractivity contribution in [2.75, 3.05) is 26.7 Å². The summed E-state index contributed by atoms with van der Waals surface area (Å²) in [5, 5.41) is 3.29. The molecular weight excluding hydrogens is 316 g/mol. The van der Waals surface area contributed by atoms with E-state index in [0.29, 0.717) is 17.8 Å². The first-order valence-electron chi connectivity index (χ1n) is 10.0. The van der Waals surface area contributed by atoms with Crippen molar-refractivity contribution in [2.45, 2.75) is 63.9 Å². The summed E-state index contributed by atoms with van der Waals surface area (Å²) < 4.78 is 5.81. The van der Waals surface area contributed by atoms with Crippen molar-refractivity contribution >= 4 is 11.9 Å². The third-order valence-corrected chi connectivity index (χ3v) is 7.12. The maximum atomic E-state index is 13.2. The molecule has 5 atom stereocenters. The van der Waals surface area contributed by atoms with Crippen LogP contribution < -0.4 is 5.32 Å². The fourth-order valence-electron chi connectivity index (χ4n) is 6.73. The highest BCUT2D eigenvalue weighted by Crippen LogP contribution is 2.62. The van der Waals surface area contributed by atoms with E-state index in [-0.39, 0.29) is 22.9 Å². The van der Waals surface area contributed by atoms with Gasteiger partial charge in [-0.05, 0) is 76.3 Å². The third kappa shape index (κ3) is 3.32. The van der Waals surface area contributed by atoms with Gasteiger partial charge in [-0.2, -0.15) is 0 Å².